The third-order valence-electron chi connectivity index (χ3n) is 12.9. The summed E-state index contributed by atoms with van der Waals surface area (Å²) < 4.78 is 52.6. The normalized spacial score (nSPS) is 49.3. The SMILES string of the molecule is CC1C(C)[C@H](C)C(C)O[C@H]1O[C@@H]1C(C)O[C@@H](OC2C(C)[C@H](O[C@@H]3C(C)O[C@@H](C)C(C)C3C)OC(C)[C@H]2C)C(C)C1OC(=O)c1ccccc1. The van der Waals surface area contributed by atoms with Crippen LogP contribution in [0.2, 0.25) is 0 Å². The fourth-order valence-corrected chi connectivity index (χ4v) is 8.35. The molecule has 0 amide bonds. The van der Waals surface area contributed by atoms with Crippen molar-refractivity contribution in [2.24, 2.45) is 47.3 Å². The predicted molar refractivity (Wildman–Crippen MR) is 187 cm³/mol. The van der Waals surface area contributed by atoms with Crippen molar-refractivity contribution >= 4 is 5.97 Å². The van der Waals surface area contributed by atoms with E-state index in [4.69, 9.17) is 37.9 Å². The molecule has 0 aromatic heterocycles. The largest absolute Gasteiger partial charge is 0.455 e. The van der Waals surface area contributed by atoms with Crippen LogP contribution < -0.4 is 0 Å². The van der Waals surface area contributed by atoms with Crippen molar-refractivity contribution in [1.29, 1.82) is 0 Å². The van der Waals surface area contributed by atoms with Crippen LogP contribution in [0, 0.1) is 47.3 Å². The second kappa shape index (κ2) is 16.0. The molecular formula is C40H64O9. The van der Waals surface area contributed by atoms with E-state index < -0.39 is 43.2 Å². The average Bonchev–Trinajstić information content (AvgIpc) is 3.07. The Kier molecular flexibility index (Phi) is 12.6. The van der Waals surface area contributed by atoms with E-state index in [2.05, 4.69) is 76.2 Å². The molecule has 0 saturated carbocycles. The molecule has 1 aromatic carbocycles. The standard InChI is InChI=1S/C40H64O9/c1-19-20(2)28(10)43-38(23(19)5)49-36-31(13)45-40(26(8)35(36)46-37(41)32-17-15-14-16-18-32)47-33-24(6)29(11)44-39(25(33)7)48-34-22(4)21(3)27(9)42-30(34)12/h14-31,33-36,38-40H,1-13H3/t19?,20-,21?,22?,23?,24+,25?,26?,27-,28?,29?,30?,31?,33?,34-,35?,36+,38-,39-,40-/m0/s1. The lowest BCUT2D eigenvalue weighted by Gasteiger charge is -2.51. The van der Waals surface area contributed by atoms with E-state index in [-0.39, 0.29) is 60.3 Å². The van der Waals surface area contributed by atoms with Gasteiger partial charge in [0, 0.05) is 23.7 Å². The highest BCUT2D eigenvalue weighted by Gasteiger charge is 2.52. The second-order valence-corrected chi connectivity index (χ2v) is 16.1. The van der Waals surface area contributed by atoms with Gasteiger partial charge in [0.25, 0.3) is 0 Å². The molecule has 1 aromatic rings. The van der Waals surface area contributed by atoms with Crippen molar-refractivity contribution in [1.82, 2.24) is 0 Å². The van der Waals surface area contributed by atoms with Crippen LogP contribution in [-0.2, 0) is 37.9 Å². The maximum absolute atomic E-state index is 13.6. The molecule has 9 heteroatoms. The van der Waals surface area contributed by atoms with Crippen molar-refractivity contribution in [3.05, 3.63) is 35.9 Å². The van der Waals surface area contributed by atoms with E-state index in [1.807, 2.05) is 32.0 Å². The maximum atomic E-state index is 13.6. The molecule has 9 nitrogen and oxygen atoms in total. The maximum Gasteiger partial charge on any atom is 0.338 e. The van der Waals surface area contributed by atoms with Crippen LogP contribution in [0.4, 0.5) is 0 Å². The molecule has 4 fully saturated rings. The van der Waals surface area contributed by atoms with Gasteiger partial charge in [0.15, 0.2) is 18.9 Å². The van der Waals surface area contributed by atoms with Crippen molar-refractivity contribution in [2.75, 3.05) is 0 Å². The molecule has 12 unspecified atom stereocenters. The number of esters is 1. The van der Waals surface area contributed by atoms with Gasteiger partial charge in [-0.2, -0.15) is 0 Å². The molecule has 4 heterocycles. The topological polar surface area (TPSA) is 90.9 Å². The monoisotopic (exact) mass is 688 g/mol. The van der Waals surface area contributed by atoms with Crippen LogP contribution in [0.1, 0.15) is 100 Å². The summed E-state index contributed by atoms with van der Waals surface area (Å²) >= 11 is 0. The highest BCUT2D eigenvalue weighted by Crippen LogP contribution is 2.42. The van der Waals surface area contributed by atoms with Gasteiger partial charge in [0.2, 0.25) is 0 Å². The number of hydrogen-bond acceptors (Lipinski definition) is 9. The third-order valence-corrected chi connectivity index (χ3v) is 12.9. The molecule has 0 spiro atoms. The minimum absolute atomic E-state index is 0.0428. The average molecular weight is 689 g/mol. The summed E-state index contributed by atoms with van der Waals surface area (Å²) in [7, 11) is 0. The number of hydrogen-bond donors (Lipinski definition) is 0. The van der Waals surface area contributed by atoms with Gasteiger partial charge in [-0.25, -0.2) is 4.79 Å². The quantitative estimate of drug-likeness (QED) is 0.258. The molecule has 5 rings (SSSR count). The van der Waals surface area contributed by atoms with Gasteiger partial charge in [-0.15, -0.1) is 0 Å². The van der Waals surface area contributed by atoms with Crippen LogP contribution in [-0.4, -0.2) is 79.8 Å². The third kappa shape index (κ3) is 8.08. The second-order valence-electron chi connectivity index (χ2n) is 16.1. The number of benzene rings is 1. The fraction of sp³-hybridized carbons (Fsp3) is 0.825. The van der Waals surface area contributed by atoms with Crippen LogP contribution in [0.3, 0.4) is 0 Å². The first-order valence-corrected chi connectivity index (χ1v) is 18.9. The predicted octanol–water partition coefficient (Wildman–Crippen LogP) is 7.50. The van der Waals surface area contributed by atoms with Gasteiger partial charge in [0.05, 0.1) is 48.3 Å². The minimum Gasteiger partial charge on any atom is -0.455 e. The van der Waals surface area contributed by atoms with E-state index in [0.29, 0.717) is 29.2 Å². The van der Waals surface area contributed by atoms with Gasteiger partial charge in [-0.3, -0.25) is 0 Å². The first kappa shape index (κ1) is 38.6. The lowest BCUT2D eigenvalue weighted by molar-refractivity contribution is -0.355. The summed E-state index contributed by atoms with van der Waals surface area (Å²) in [6.07, 6.45) is -3.45. The van der Waals surface area contributed by atoms with Crippen molar-refractivity contribution in [2.45, 2.75) is 164 Å². The van der Waals surface area contributed by atoms with Gasteiger partial charge in [-0.1, -0.05) is 73.6 Å². The molecule has 278 valence electrons. The fourth-order valence-electron chi connectivity index (χ4n) is 8.35. The highest BCUT2D eigenvalue weighted by atomic mass is 16.7. The molecule has 49 heavy (non-hydrogen) atoms. The molecule has 0 aliphatic carbocycles. The van der Waals surface area contributed by atoms with E-state index in [1.54, 1.807) is 12.1 Å². The Bertz CT molecular complexity index is 1210. The smallest absolute Gasteiger partial charge is 0.338 e. The summed E-state index contributed by atoms with van der Waals surface area (Å²) in [4.78, 5) is 13.6. The van der Waals surface area contributed by atoms with Gasteiger partial charge in [0.1, 0.15) is 12.2 Å². The van der Waals surface area contributed by atoms with E-state index in [9.17, 15) is 4.79 Å². The summed E-state index contributed by atoms with van der Waals surface area (Å²) in [6.45, 7) is 27.8. The highest BCUT2D eigenvalue weighted by molar-refractivity contribution is 5.89. The summed E-state index contributed by atoms with van der Waals surface area (Å²) in [6, 6.07) is 9.09. The number of rotatable bonds is 8. The van der Waals surface area contributed by atoms with Crippen molar-refractivity contribution < 1.29 is 42.7 Å². The number of carbonyl (C=O) groups is 1. The molecular weight excluding hydrogens is 624 g/mol. The van der Waals surface area contributed by atoms with Crippen molar-refractivity contribution in [3.63, 3.8) is 0 Å². The number of carbonyl (C=O) groups excluding carboxylic acids is 1. The molecule has 4 aliphatic heterocycles. The van der Waals surface area contributed by atoms with Gasteiger partial charge in [-0.05, 0) is 70.4 Å². The van der Waals surface area contributed by atoms with Crippen LogP contribution in [0.15, 0.2) is 30.3 Å². The molecule has 0 radical (unpaired) electrons. The molecule has 4 saturated heterocycles. The van der Waals surface area contributed by atoms with Crippen LogP contribution in [0.25, 0.3) is 0 Å². The first-order chi connectivity index (χ1) is 23.1. The minimum atomic E-state index is -0.649. The summed E-state index contributed by atoms with van der Waals surface area (Å²) in [5.41, 5.74) is 0.489. The Balaban J connectivity index is 1.36. The zero-order valence-corrected chi connectivity index (χ0v) is 32.1. The lowest BCUT2D eigenvalue weighted by Crippen LogP contribution is -2.60. The Labute approximate surface area is 295 Å². The van der Waals surface area contributed by atoms with Gasteiger partial charge < -0.3 is 37.9 Å². The molecule has 4 aliphatic rings. The molecule has 0 bridgehead atoms. The van der Waals surface area contributed by atoms with E-state index >= 15 is 0 Å². The van der Waals surface area contributed by atoms with E-state index in [0.717, 1.165) is 0 Å². The Morgan fingerprint density at radius 3 is 1.51 bits per heavy atom. The van der Waals surface area contributed by atoms with Crippen LogP contribution in [0.5, 0.6) is 0 Å². The van der Waals surface area contributed by atoms with Crippen LogP contribution >= 0.6 is 0 Å². The first-order valence-electron chi connectivity index (χ1n) is 18.9. The van der Waals surface area contributed by atoms with Crippen molar-refractivity contribution in [3.8, 4) is 0 Å². The summed E-state index contributed by atoms with van der Waals surface area (Å²) in [5, 5.41) is 0. The summed E-state index contributed by atoms with van der Waals surface area (Å²) in [5.74, 6) is 0.875. The number of ether oxygens (including phenoxy) is 8. The van der Waals surface area contributed by atoms with E-state index in [1.165, 1.54) is 0 Å². The zero-order valence-electron chi connectivity index (χ0n) is 32.1. The molecule has 0 N–H and O–H groups in total. The zero-order chi connectivity index (χ0) is 35.9. The molecule has 20 atom stereocenters. The Morgan fingerprint density at radius 2 is 0.878 bits per heavy atom. The van der Waals surface area contributed by atoms with Gasteiger partial charge >= 0.3 is 5.97 Å². The Hall–Kier alpha value is -1.59. The lowest BCUT2D eigenvalue weighted by atomic mass is 9.79. The Morgan fingerprint density at radius 1 is 0.429 bits per heavy atom.